The molecule has 0 N–H and O–H groups in total. The minimum Gasteiger partial charge on any atom is -0.456 e. The van der Waals surface area contributed by atoms with Crippen LogP contribution in [0.1, 0.15) is 0 Å². The zero-order chi connectivity index (χ0) is 40.5. The normalized spacial score (nSPS) is 12.2. The summed E-state index contributed by atoms with van der Waals surface area (Å²) in [6.45, 7) is 0. The van der Waals surface area contributed by atoms with Crippen molar-refractivity contribution in [2.24, 2.45) is 0 Å². The van der Waals surface area contributed by atoms with Crippen LogP contribution in [0.4, 0.5) is 0 Å². The third kappa shape index (κ3) is 4.88. The van der Waals surface area contributed by atoms with Gasteiger partial charge in [-0.15, -0.1) is 11.3 Å². The second kappa shape index (κ2) is 12.7. The van der Waals surface area contributed by atoms with Crippen molar-refractivity contribution in [2.75, 3.05) is 0 Å². The van der Waals surface area contributed by atoms with Crippen molar-refractivity contribution in [3.63, 3.8) is 0 Å². The van der Waals surface area contributed by atoms with Gasteiger partial charge in [0.2, 0.25) is 0 Å². The number of furan rings is 2. The van der Waals surface area contributed by atoms with Crippen molar-refractivity contribution in [2.45, 2.75) is 0 Å². The number of hydrogen-bond donors (Lipinski definition) is 0. The van der Waals surface area contributed by atoms with E-state index in [1.165, 1.54) is 30.9 Å². The summed E-state index contributed by atoms with van der Waals surface area (Å²) in [7, 11) is 0. The van der Waals surface area contributed by atoms with Crippen molar-refractivity contribution in [1.29, 1.82) is 0 Å². The highest BCUT2D eigenvalue weighted by Gasteiger charge is 2.25. The summed E-state index contributed by atoms with van der Waals surface area (Å²) < 4.78 is 17.8. The average molecular weight is 811 g/mol. The van der Waals surface area contributed by atoms with Crippen LogP contribution in [-0.4, -0.2) is 19.5 Å². The fourth-order valence-electron chi connectivity index (χ4n) is 9.59. The molecule has 0 aliphatic carbocycles. The molecule has 5 aromatic heterocycles. The first-order valence-corrected chi connectivity index (χ1v) is 21.5. The summed E-state index contributed by atoms with van der Waals surface area (Å²) in [6, 6.07) is 63.8. The first kappa shape index (κ1) is 33.7. The third-order valence-electron chi connectivity index (χ3n) is 12.4. The van der Waals surface area contributed by atoms with Crippen molar-refractivity contribution >= 4 is 108 Å². The molecule has 288 valence electrons. The van der Waals surface area contributed by atoms with E-state index in [0.717, 1.165) is 88.1 Å². The van der Waals surface area contributed by atoms with Gasteiger partial charge in [0, 0.05) is 63.8 Å². The Morgan fingerprint density at radius 1 is 0.371 bits per heavy atom. The van der Waals surface area contributed by atoms with Crippen LogP contribution in [0.5, 0.6) is 0 Å². The Labute approximate surface area is 356 Å². The van der Waals surface area contributed by atoms with E-state index in [1.807, 2.05) is 30.3 Å². The lowest BCUT2D eigenvalue weighted by Crippen LogP contribution is -2.04. The van der Waals surface area contributed by atoms with Crippen molar-refractivity contribution < 1.29 is 8.83 Å². The molecule has 0 aliphatic heterocycles. The number of benzene rings is 9. The number of aromatic nitrogens is 4. The molecule has 5 heterocycles. The molecule has 0 radical (unpaired) electrons. The molecule has 0 spiro atoms. The zero-order valence-electron chi connectivity index (χ0n) is 32.8. The minimum atomic E-state index is 0.556. The van der Waals surface area contributed by atoms with Crippen molar-refractivity contribution in [3.05, 3.63) is 182 Å². The lowest BCUT2D eigenvalue weighted by molar-refractivity contribution is 0.668. The first-order valence-electron chi connectivity index (χ1n) is 20.7. The maximum atomic E-state index is 6.62. The molecule has 0 aliphatic rings. The molecule has 0 unspecified atom stereocenters. The molecular weight excluding hydrogens is 781 g/mol. The van der Waals surface area contributed by atoms with E-state index in [-0.39, 0.29) is 0 Å². The summed E-state index contributed by atoms with van der Waals surface area (Å²) in [6.07, 6.45) is 0. The fraction of sp³-hybridized carbons (Fsp3) is 0. The van der Waals surface area contributed by atoms with E-state index in [2.05, 4.69) is 156 Å². The molecule has 0 bridgehead atoms. The lowest BCUT2D eigenvalue weighted by Gasteiger charge is -2.16. The summed E-state index contributed by atoms with van der Waals surface area (Å²) in [4.78, 5) is 16.1. The van der Waals surface area contributed by atoms with Gasteiger partial charge < -0.3 is 13.4 Å². The van der Waals surface area contributed by atoms with Crippen LogP contribution in [0.2, 0.25) is 0 Å². The van der Waals surface area contributed by atoms with Gasteiger partial charge in [-0.3, -0.25) is 0 Å². The molecule has 14 aromatic rings. The monoisotopic (exact) mass is 810 g/mol. The maximum Gasteiger partial charge on any atom is 0.166 e. The summed E-state index contributed by atoms with van der Waals surface area (Å²) in [5, 5.41) is 11.3. The fourth-order valence-corrected chi connectivity index (χ4v) is 10.7. The van der Waals surface area contributed by atoms with Gasteiger partial charge in [-0.2, -0.15) is 0 Å². The van der Waals surface area contributed by atoms with Crippen LogP contribution in [-0.2, 0) is 0 Å². The van der Waals surface area contributed by atoms with Gasteiger partial charge in [0.05, 0.1) is 22.1 Å². The van der Waals surface area contributed by atoms with Gasteiger partial charge in [-0.05, 0) is 77.5 Å². The summed E-state index contributed by atoms with van der Waals surface area (Å²) in [5.74, 6) is 1.70. The van der Waals surface area contributed by atoms with Gasteiger partial charge in [0.1, 0.15) is 22.3 Å². The SMILES string of the molecule is c1ccc2cc3c(cc2c1)c1ccccc1n3-c1c(-c2nc(-c3ccc4c(c3)oc3ccccc34)nc(-c3ccc4c(c3)sc3ccccc34)n2)ccc2oc3ccccc3c12. The van der Waals surface area contributed by atoms with E-state index < -0.39 is 0 Å². The van der Waals surface area contributed by atoms with Crippen LogP contribution < -0.4 is 0 Å². The van der Waals surface area contributed by atoms with E-state index >= 15 is 0 Å². The molecule has 0 amide bonds. The number of para-hydroxylation sites is 3. The van der Waals surface area contributed by atoms with Gasteiger partial charge in [0.25, 0.3) is 0 Å². The smallest absolute Gasteiger partial charge is 0.166 e. The number of thiophene rings is 1. The summed E-state index contributed by atoms with van der Waals surface area (Å²) >= 11 is 1.78. The zero-order valence-corrected chi connectivity index (χ0v) is 33.7. The molecule has 6 nitrogen and oxygen atoms in total. The molecule has 0 saturated heterocycles. The molecule has 0 atom stereocenters. The van der Waals surface area contributed by atoms with Crippen LogP contribution in [0.3, 0.4) is 0 Å². The first-order chi connectivity index (χ1) is 30.7. The predicted octanol–water partition coefficient (Wildman–Crippen LogP) is 15.3. The Hall–Kier alpha value is -8.13. The second-order valence-electron chi connectivity index (χ2n) is 15.9. The number of hydrogen-bond acceptors (Lipinski definition) is 6. The Kier molecular flexibility index (Phi) is 6.89. The van der Waals surface area contributed by atoms with E-state index in [9.17, 15) is 0 Å². The lowest BCUT2D eigenvalue weighted by atomic mass is 10.0. The molecule has 0 fully saturated rings. The van der Waals surface area contributed by atoms with Crippen molar-refractivity contribution in [1.82, 2.24) is 19.5 Å². The quantitative estimate of drug-likeness (QED) is 0.177. The Bertz CT molecular complexity index is 4060. The van der Waals surface area contributed by atoms with Gasteiger partial charge in [0.15, 0.2) is 17.5 Å². The van der Waals surface area contributed by atoms with Crippen LogP contribution >= 0.6 is 11.3 Å². The largest absolute Gasteiger partial charge is 0.456 e. The van der Waals surface area contributed by atoms with Gasteiger partial charge in [-0.25, -0.2) is 15.0 Å². The van der Waals surface area contributed by atoms with Crippen LogP contribution in [0.25, 0.3) is 136 Å². The van der Waals surface area contributed by atoms with E-state index in [0.29, 0.717) is 17.5 Å². The minimum absolute atomic E-state index is 0.556. The number of nitrogens with zero attached hydrogens (tertiary/aromatic N) is 4. The van der Waals surface area contributed by atoms with Crippen LogP contribution in [0, 0.1) is 0 Å². The number of rotatable bonds is 4. The molecule has 62 heavy (non-hydrogen) atoms. The Morgan fingerprint density at radius 2 is 0.968 bits per heavy atom. The highest BCUT2D eigenvalue weighted by atomic mass is 32.1. The predicted molar refractivity (Wildman–Crippen MR) is 255 cm³/mol. The molecular formula is C55H30N4O2S. The standard InChI is InChI=1S/C55H30N4O2S/c1-2-12-32-28-44-42(27-31(32)11-1)35-13-3-7-17-43(35)59(44)52-41(25-26-47-51(52)40-16-5-9-19-46(40)60-47)55-57-53(33-21-23-37-36-14-4-8-18-45(36)61-48(37)29-33)56-54(58-55)34-22-24-39-38-15-6-10-20-49(38)62-50(39)30-34/h1-30H. The van der Waals surface area contributed by atoms with Gasteiger partial charge in [-0.1, -0.05) is 115 Å². The Balaban J connectivity index is 1.09. The topological polar surface area (TPSA) is 69.9 Å². The molecule has 0 saturated carbocycles. The van der Waals surface area contributed by atoms with Crippen molar-refractivity contribution in [3.8, 4) is 39.9 Å². The Morgan fingerprint density at radius 3 is 1.81 bits per heavy atom. The molecule has 7 heteroatoms. The molecule has 14 rings (SSSR count). The maximum absolute atomic E-state index is 6.62. The summed E-state index contributed by atoms with van der Waals surface area (Å²) in [5.41, 5.74) is 8.96. The highest BCUT2D eigenvalue weighted by Crippen LogP contribution is 2.44. The van der Waals surface area contributed by atoms with E-state index in [4.69, 9.17) is 23.8 Å². The molecule has 9 aromatic carbocycles. The second-order valence-corrected chi connectivity index (χ2v) is 17.0. The van der Waals surface area contributed by atoms with E-state index in [1.54, 1.807) is 11.3 Å². The van der Waals surface area contributed by atoms with Gasteiger partial charge >= 0.3 is 0 Å². The number of fused-ring (bicyclic) bond motifs is 13. The third-order valence-corrected chi connectivity index (χ3v) is 13.6. The average Bonchev–Trinajstić information content (AvgIpc) is 4.08. The highest BCUT2D eigenvalue weighted by molar-refractivity contribution is 7.25. The van der Waals surface area contributed by atoms with Crippen LogP contribution in [0.15, 0.2) is 191 Å².